The molecule has 0 spiro atoms. The van der Waals surface area contributed by atoms with Gasteiger partial charge in [-0.15, -0.1) is 0 Å². The fourth-order valence-corrected chi connectivity index (χ4v) is 4.83. The molecular formula is C16H23ClFN3O3S. The van der Waals surface area contributed by atoms with Gasteiger partial charge in [-0.3, -0.25) is 4.79 Å². The summed E-state index contributed by atoms with van der Waals surface area (Å²) in [6.07, 6.45) is 5.00. The highest BCUT2D eigenvalue weighted by molar-refractivity contribution is 7.89. The van der Waals surface area contributed by atoms with Gasteiger partial charge in [-0.2, -0.15) is 0 Å². The van der Waals surface area contributed by atoms with E-state index < -0.39 is 32.7 Å². The molecule has 1 fully saturated rings. The summed E-state index contributed by atoms with van der Waals surface area (Å²) in [5, 5.41) is 2.29. The van der Waals surface area contributed by atoms with Gasteiger partial charge in [-0.1, -0.05) is 30.9 Å². The van der Waals surface area contributed by atoms with E-state index in [-0.39, 0.29) is 23.2 Å². The summed E-state index contributed by atoms with van der Waals surface area (Å²) < 4.78 is 42.0. The molecule has 0 bridgehead atoms. The summed E-state index contributed by atoms with van der Waals surface area (Å²) >= 11 is 5.97. The molecule has 9 heteroatoms. The van der Waals surface area contributed by atoms with Crippen LogP contribution in [0.25, 0.3) is 0 Å². The second-order valence-corrected chi connectivity index (χ2v) is 8.39. The van der Waals surface area contributed by atoms with Crippen molar-refractivity contribution in [1.82, 2.24) is 4.72 Å². The maximum Gasteiger partial charge on any atom is 0.243 e. The molecule has 1 unspecified atom stereocenters. The van der Waals surface area contributed by atoms with Crippen LogP contribution in [0.5, 0.6) is 0 Å². The van der Waals surface area contributed by atoms with E-state index in [0.29, 0.717) is 0 Å². The molecule has 0 aliphatic heterocycles. The summed E-state index contributed by atoms with van der Waals surface area (Å²) in [6, 6.07) is 1.45. The molecule has 1 aromatic rings. The van der Waals surface area contributed by atoms with Crippen molar-refractivity contribution in [2.75, 3.05) is 11.9 Å². The zero-order chi connectivity index (χ0) is 18.6. The van der Waals surface area contributed by atoms with Gasteiger partial charge in [0.2, 0.25) is 15.9 Å². The fourth-order valence-electron chi connectivity index (χ4n) is 3.16. The number of carbonyl (C=O) groups is 1. The van der Waals surface area contributed by atoms with E-state index in [1.807, 2.05) is 0 Å². The number of hydrogen-bond donors (Lipinski definition) is 3. The number of anilines is 1. The number of amides is 1. The molecule has 1 aliphatic carbocycles. The number of hydrogen-bond acceptors (Lipinski definition) is 4. The topological polar surface area (TPSA) is 101 Å². The average molecular weight is 392 g/mol. The van der Waals surface area contributed by atoms with Crippen molar-refractivity contribution in [2.24, 2.45) is 11.7 Å². The Morgan fingerprint density at radius 1 is 1.36 bits per heavy atom. The molecule has 0 heterocycles. The maximum atomic E-state index is 14.3. The smallest absolute Gasteiger partial charge is 0.243 e. The van der Waals surface area contributed by atoms with Crippen LogP contribution in [-0.2, 0) is 14.8 Å². The Bertz CT molecular complexity index is 736. The molecule has 1 amide bonds. The van der Waals surface area contributed by atoms with E-state index >= 15 is 0 Å². The lowest BCUT2D eigenvalue weighted by molar-refractivity contribution is -0.114. The van der Waals surface area contributed by atoms with Gasteiger partial charge in [0.15, 0.2) is 0 Å². The molecule has 6 nitrogen and oxygen atoms in total. The number of carbonyl (C=O) groups excluding carboxylic acids is 1. The number of halogens is 2. The zero-order valence-electron chi connectivity index (χ0n) is 14.0. The first-order valence-corrected chi connectivity index (χ1v) is 10.1. The number of benzene rings is 1. The van der Waals surface area contributed by atoms with E-state index in [2.05, 4.69) is 10.0 Å². The van der Waals surface area contributed by atoms with Gasteiger partial charge in [0.1, 0.15) is 10.7 Å². The van der Waals surface area contributed by atoms with E-state index in [0.717, 1.165) is 44.2 Å². The highest BCUT2D eigenvalue weighted by Crippen LogP contribution is 2.30. The Kier molecular flexibility index (Phi) is 6.79. The third kappa shape index (κ3) is 5.13. The average Bonchev–Trinajstić information content (AvgIpc) is 2.56. The quantitative estimate of drug-likeness (QED) is 0.693. The van der Waals surface area contributed by atoms with Gasteiger partial charge in [-0.25, -0.2) is 17.5 Å². The lowest BCUT2D eigenvalue weighted by Crippen LogP contribution is -2.46. The van der Waals surface area contributed by atoms with Gasteiger partial charge in [-0.05, 0) is 24.8 Å². The first-order chi connectivity index (χ1) is 11.7. The molecule has 25 heavy (non-hydrogen) atoms. The van der Waals surface area contributed by atoms with Gasteiger partial charge in [0, 0.05) is 25.6 Å². The van der Waals surface area contributed by atoms with Crippen molar-refractivity contribution in [3.05, 3.63) is 23.0 Å². The molecular weight excluding hydrogens is 369 g/mol. The second kappa shape index (κ2) is 8.44. The standard InChI is InChI=1S/C16H23ClFN3O3S/c1-10(22)20-14-8-13(18)16(7-12(14)17)25(23,24)21-15(9-19)11-5-3-2-4-6-11/h7-8,11,15,21H,2-6,9,19H2,1H3,(H,20,22). The third-order valence-corrected chi connectivity index (χ3v) is 6.22. The fraction of sp³-hybridized carbons (Fsp3) is 0.562. The highest BCUT2D eigenvalue weighted by atomic mass is 35.5. The van der Waals surface area contributed by atoms with Crippen LogP contribution in [0, 0.1) is 11.7 Å². The Hall–Kier alpha value is -1.22. The van der Waals surface area contributed by atoms with Gasteiger partial charge in [0.25, 0.3) is 0 Å². The second-order valence-electron chi connectivity index (χ2n) is 6.31. The summed E-state index contributed by atoms with van der Waals surface area (Å²) in [4.78, 5) is 10.5. The van der Waals surface area contributed by atoms with Crippen molar-refractivity contribution in [3.63, 3.8) is 0 Å². The predicted octanol–water partition coefficient (Wildman–Crippen LogP) is 2.62. The molecule has 4 N–H and O–H groups in total. The SMILES string of the molecule is CC(=O)Nc1cc(F)c(S(=O)(=O)NC(CN)C2CCCCC2)cc1Cl. The molecule has 1 aromatic carbocycles. The molecule has 1 atom stereocenters. The highest BCUT2D eigenvalue weighted by Gasteiger charge is 2.29. The van der Waals surface area contributed by atoms with Gasteiger partial charge in [0.05, 0.1) is 10.7 Å². The predicted molar refractivity (Wildman–Crippen MR) is 95.5 cm³/mol. The van der Waals surface area contributed by atoms with Crippen LogP contribution in [0.3, 0.4) is 0 Å². The monoisotopic (exact) mass is 391 g/mol. The first-order valence-electron chi connectivity index (χ1n) is 8.23. The van der Waals surface area contributed by atoms with Crippen molar-refractivity contribution in [1.29, 1.82) is 0 Å². The van der Waals surface area contributed by atoms with Crippen LogP contribution in [-0.4, -0.2) is 26.9 Å². The van der Waals surface area contributed by atoms with E-state index in [4.69, 9.17) is 17.3 Å². The molecule has 1 aliphatic rings. The minimum absolute atomic E-state index is 0.0215. The summed E-state index contributed by atoms with van der Waals surface area (Å²) in [5.41, 5.74) is 5.76. The summed E-state index contributed by atoms with van der Waals surface area (Å²) in [6.45, 7) is 1.39. The molecule has 0 saturated heterocycles. The number of nitrogens with two attached hydrogens (primary N) is 1. The molecule has 2 rings (SSSR count). The van der Waals surface area contributed by atoms with Crippen molar-refractivity contribution in [3.8, 4) is 0 Å². The van der Waals surface area contributed by atoms with Gasteiger partial charge >= 0.3 is 0 Å². The zero-order valence-corrected chi connectivity index (χ0v) is 15.6. The summed E-state index contributed by atoms with van der Waals surface area (Å²) in [7, 11) is -4.12. The van der Waals surface area contributed by atoms with Crippen molar-refractivity contribution >= 4 is 33.2 Å². The minimum Gasteiger partial charge on any atom is -0.329 e. The molecule has 1 saturated carbocycles. The molecule has 0 radical (unpaired) electrons. The van der Waals surface area contributed by atoms with Crippen LogP contribution >= 0.6 is 11.6 Å². The lowest BCUT2D eigenvalue weighted by atomic mass is 9.84. The number of sulfonamides is 1. The largest absolute Gasteiger partial charge is 0.329 e. The van der Waals surface area contributed by atoms with Crippen LogP contribution in [0.2, 0.25) is 5.02 Å². The molecule has 0 aromatic heterocycles. The minimum atomic E-state index is -4.12. The Morgan fingerprint density at radius 3 is 2.56 bits per heavy atom. The normalized spacial score (nSPS) is 17.3. The van der Waals surface area contributed by atoms with Crippen molar-refractivity contribution in [2.45, 2.75) is 50.0 Å². The first kappa shape index (κ1) is 20.1. The van der Waals surface area contributed by atoms with Gasteiger partial charge < -0.3 is 11.1 Å². The van der Waals surface area contributed by atoms with E-state index in [9.17, 15) is 17.6 Å². The van der Waals surface area contributed by atoms with Crippen LogP contribution in [0.1, 0.15) is 39.0 Å². The van der Waals surface area contributed by atoms with Crippen LogP contribution < -0.4 is 15.8 Å². The van der Waals surface area contributed by atoms with Crippen LogP contribution in [0.15, 0.2) is 17.0 Å². The lowest BCUT2D eigenvalue weighted by Gasteiger charge is -2.29. The maximum absolute atomic E-state index is 14.3. The van der Waals surface area contributed by atoms with Crippen LogP contribution in [0.4, 0.5) is 10.1 Å². The number of nitrogens with one attached hydrogen (secondary N) is 2. The Balaban J connectivity index is 2.25. The van der Waals surface area contributed by atoms with Crippen molar-refractivity contribution < 1.29 is 17.6 Å². The Labute approximate surface area is 152 Å². The Morgan fingerprint density at radius 2 is 2.00 bits per heavy atom. The third-order valence-electron chi connectivity index (χ3n) is 4.40. The summed E-state index contributed by atoms with van der Waals surface area (Å²) in [5.74, 6) is -1.28. The number of rotatable bonds is 6. The van der Waals surface area contributed by atoms with E-state index in [1.54, 1.807) is 0 Å². The molecule has 140 valence electrons. The van der Waals surface area contributed by atoms with E-state index in [1.165, 1.54) is 6.92 Å².